The third kappa shape index (κ3) is 5.13. The second-order valence-corrected chi connectivity index (χ2v) is 4.20. The molecular weight excluding hydrogens is 264 g/mol. The monoisotopic (exact) mass is 282 g/mol. The van der Waals surface area contributed by atoms with E-state index in [1.165, 1.54) is 6.26 Å². The lowest BCUT2D eigenvalue weighted by molar-refractivity contribution is -0.141. The molecule has 0 unspecified atom stereocenters. The largest absolute Gasteiger partial charge is 0.480 e. The van der Waals surface area contributed by atoms with Crippen molar-refractivity contribution in [2.75, 3.05) is 6.54 Å². The normalized spacial score (nSPS) is 11.7. The molecule has 0 spiro atoms. The van der Waals surface area contributed by atoms with Crippen molar-refractivity contribution in [1.29, 1.82) is 0 Å². The first-order chi connectivity index (χ1) is 9.54. The van der Waals surface area contributed by atoms with Gasteiger partial charge in [0.05, 0.1) is 6.26 Å². The van der Waals surface area contributed by atoms with Crippen molar-refractivity contribution in [3.63, 3.8) is 0 Å². The van der Waals surface area contributed by atoms with Crippen LogP contribution in [0.5, 0.6) is 0 Å². The molecule has 0 aliphatic heterocycles. The molecule has 1 rings (SSSR count). The van der Waals surface area contributed by atoms with Crippen LogP contribution in [0.3, 0.4) is 0 Å². The molecule has 110 valence electrons. The lowest BCUT2D eigenvalue weighted by Gasteiger charge is -2.12. The topological polar surface area (TPSA) is 109 Å². The minimum atomic E-state index is -1.05. The van der Waals surface area contributed by atoms with Gasteiger partial charge in [0.15, 0.2) is 5.76 Å². The number of amides is 2. The third-order valence-electron chi connectivity index (χ3n) is 2.65. The van der Waals surface area contributed by atoms with E-state index in [0.29, 0.717) is 19.4 Å². The maximum absolute atomic E-state index is 11.5. The van der Waals surface area contributed by atoms with Gasteiger partial charge in [0.25, 0.3) is 5.91 Å². The van der Waals surface area contributed by atoms with Gasteiger partial charge in [-0.15, -0.1) is 0 Å². The average Bonchev–Trinajstić information content (AvgIpc) is 2.94. The Labute approximate surface area is 116 Å². The smallest absolute Gasteiger partial charge is 0.326 e. The number of aliphatic carboxylic acids is 1. The summed E-state index contributed by atoms with van der Waals surface area (Å²) in [6, 6.07) is 2.29. The van der Waals surface area contributed by atoms with Crippen LogP contribution < -0.4 is 10.6 Å². The van der Waals surface area contributed by atoms with E-state index in [2.05, 4.69) is 10.6 Å². The lowest BCUT2D eigenvalue weighted by atomic mass is 10.2. The van der Waals surface area contributed by atoms with Crippen molar-refractivity contribution in [2.24, 2.45) is 0 Å². The summed E-state index contributed by atoms with van der Waals surface area (Å²) in [6.45, 7) is 2.00. The Morgan fingerprint density at radius 3 is 2.70 bits per heavy atom. The molecule has 0 aliphatic carbocycles. The second kappa shape index (κ2) is 7.98. The predicted molar refractivity (Wildman–Crippen MR) is 70.1 cm³/mol. The maximum atomic E-state index is 11.5. The van der Waals surface area contributed by atoms with Crippen molar-refractivity contribution >= 4 is 17.8 Å². The molecule has 7 nitrogen and oxygen atoms in total. The summed E-state index contributed by atoms with van der Waals surface area (Å²) in [5, 5.41) is 13.8. The van der Waals surface area contributed by atoms with Gasteiger partial charge in [-0.25, -0.2) is 4.79 Å². The van der Waals surface area contributed by atoms with E-state index in [4.69, 9.17) is 9.52 Å². The van der Waals surface area contributed by atoms with Crippen molar-refractivity contribution in [1.82, 2.24) is 10.6 Å². The Morgan fingerprint density at radius 2 is 2.15 bits per heavy atom. The van der Waals surface area contributed by atoms with Crippen molar-refractivity contribution in [3.8, 4) is 0 Å². The highest BCUT2D eigenvalue weighted by molar-refractivity contribution is 5.91. The van der Waals surface area contributed by atoms with E-state index in [9.17, 15) is 14.4 Å². The third-order valence-corrected chi connectivity index (χ3v) is 2.65. The van der Waals surface area contributed by atoms with Gasteiger partial charge in [0.2, 0.25) is 5.91 Å². The van der Waals surface area contributed by atoms with Crippen LogP contribution in [0.15, 0.2) is 22.8 Å². The molecule has 0 saturated carbocycles. The highest BCUT2D eigenvalue weighted by Gasteiger charge is 2.17. The van der Waals surface area contributed by atoms with Crippen LogP contribution in [-0.4, -0.2) is 35.5 Å². The minimum absolute atomic E-state index is 0.155. The van der Waals surface area contributed by atoms with Gasteiger partial charge < -0.3 is 20.2 Å². The molecule has 0 aliphatic rings. The van der Waals surface area contributed by atoms with Crippen molar-refractivity contribution < 1.29 is 23.9 Å². The van der Waals surface area contributed by atoms with Crippen LogP contribution in [-0.2, 0) is 9.59 Å². The van der Waals surface area contributed by atoms with Gasteiger partial charge in [-0.2, -0.15) is 0 Å². The number of nitrogens with one attached hydrogen (secondary N) is 2. The minimum Gasteiger partial charge on any atom is -0.480 e. The van der Waals surface area contributed by atoms with E-state index in [1.54, 1.807) is 19.1 Å². The second-order valence-electron chi connectivity index (χ2n) is 4.20. The van der Waals surface area contributed by atoms with E-state index in [1.807, 2.05) is 0 Å². The first kappa shape index (κ1) is 15.7. The fourth-order valence-electron chi connectivity index (χ4n) is 1.55. The highest BCUT2D eigenvalue weighted by Crippen LogP contribution is 1.99. The highest BCUT2D eigenvalue weighted by atomic mass is 16.4. The number of carboxylic acids is 1. The van der Waals surface area contributed by atoms with E-state index < -0.39 is 12.0 Å². The first-order valence-electron chi connectivity index (χ1n) is 6.38. The number of hydrogen-bond acceptors (Lipinski definition) is 4. The van der Waals surface area contributed by atoms with Crippen LogP contribution in [0.25, 0.3) is 0 Å². The van der Waals surface area contributed by atoms with E-state index >= 15 is 0 Å². The van der Waals surface area contributed by atoms with Crippen LogP contribution in [0.2, 0.25) is 0 Å². The lowest BCUT2D eigenvalue weighted by Crippen LogP contribution is -2.40. The zero-order chi connectivity index (χ0) is 15.0. The Bertz CT molecular complexity index is 455. The summed E-state index contributed by atoms with van der Waals surface area (Å²) in [5.74, 6) is -1.52. The number of carboxylic acid groups (broad SMARTS) is 1. The van der Waals surface area contributed by atoms with Gasteiger partial charge in [0.1, 0.15) is 6.04 Å². The number of furan rings is 1. The Morgan fingerprint density at radius 1 is 1.40 bits per heavy atom. The number of carbonyl (C=O) groups excluding carboxylic acids is 2. The SMILES string of the molecule is CC[C@H](NC(=O)CCCNC(=O)c1ccco1)C(=O)O. The Hall–Kier alpha value is -2.31. The molecule has 1 atom stereocenters. The zero-order valence-corrected chi connectivity index (χ0v) is 11.2. The summed E-state index contributed by atoms with van der Waals surface area (Å²) in [6.07, 6.45) is 2.31. The van der Waals surface area contributed by atoms with Crippen molar-refractivity contribution in [2.45, 2.75) is 32.2 Å². The van der Waals surface area contributed by atoms with Crippen LogP contribution in [0.1, 0.15) is 36.7 Å². The fraction of sp³-hybridized carbons (Fsp3) is 0.462. The summed E-state index contributed by atoms with van der Waals surface area (Å²) in [7, 11) is 0. The summed E-state index contributed by atoms with van der Waals surface area (Å²) >= 11 is 0. The molecule has 0 fully saturated rings. The summed E-state index contributed by atoms with van der Waals surface area (Å²) in [5.41, 5.74) is 0. The van der Waals surface area contributed by atoms with Gasteiger partial charge in [-0.1, -0.05) is 6.92 Å². The molecule has 0 aromatic carbocycles. The fourth-order valence-corrected chi connectivity index (χ4v) is 1.55. The van der Waals surface area contributed by atoms with Gasteiger partial charge >= 0.3 is 5.97 Å². The number of rotatable bonds is 8. The first-order valence-corrected chi connectivity index (χ1v) is 6.38. The maximum Gasteiger partial charge on any atom is 0.326 e. The Balaban J connectivity index is 2.19. The Kier molecular flexibility index (Phi) is 6.28. The quantitative estimate of drug-likeness (QED) is 0.610. The molecule has 0 radical (unpaired) electrons. The molecular formula is C13H18N2O5. The number of hydrogen-bond donors (Lipinski definition) is 3. The molecule has 0 bridgehead atoms. The van der Waals surface area contributed by atoms with Gasteiger partial charge in [-0.05, 0) is 25.0 Å². The molecule has 7 heteroatoms. The van der Waals surface area contributed by atoms with Gasteiger partial charge in [-0.3, -0.25) is 9.59 Å². The van der Waals surface area contributed by atoms with Crippen LogP contribution in [0.4, 0.5) is 0 Å². The molecule has 2 amide bonds. The van der Waals surface area contributed by atoms with Crippen LogP contribution in [0, 0.1) is 0 Å². The van der Waals surface area contributed by atoms with Crippen LogP contribution >= 0.6 is 0 Å². The molecule has 0 saturated heterocycles. The van der Waals surface area contributed by atoms with Crippen molar-refractivity contribution in [3.05, 3.63) is 24.2 Å². The molecule has 1 aromatic heterocycles. The molecule has 1 aromatic rings. The van der Waals surface area contributed by atoms with E-state index in [-0.39, 0.29) is 24.0 Å². The standard InChI is InChI=1S/C13H18N2O5/c1-2-9(13(18)19)15-11(16)6-3-7-14-12(17)10-5-4-8-20-10/h4-5,8-9H,2-3,6-7H2,1H3,(H,14,17)(H,15,16)(H,18,19)/t9-/m0/s1. The van der Waals surface area contributed by atoms with Gasteiger partial charge in [0, 0.05) is 13.0 Å². The zero-order valence-electron chi connectivity index (χ0n) is 11.2. The molecule has 3 N–H and O–H groups in total. The van der Waals surface area contributed by atoms with E-state index in [0.717, 1.165) is 0 Å². The predicted octanol–water partition coefficient (Wildman–Crippen LogP) is 0.769. The average molecular weight is 282 g/mol. The number of carbonyl (C=O) groups is 3. The summed E-state index contributed by atoms with van der Waals surface area (Å²) < 4.78 is 4.91. The summed E-state index contributed by atoms with van der Waals surface area (Å²) in [4.78, 5) is 33.7. The molecule has 20 heavy (non-hydrogen) atoms. The molecule has 1 heterocycles.